The van der Waals surface area contributed by atoms with Crippen molar-refractivity contribution in [1.82, 2.24) is 4.90 Å². The normalized spacial score (nSPS) is 29.8. The molecular weight excluding hydrogens is 496 g/mol. The Bertz CT molecular complexity index is 1290. The summed E-state index contributed by atoms with van der Waals surface area (Å²) < 4.78 is 6.69. The first kappa shape index (κ1) is 27.1. The Labute approximate surface area is 228 Å². The van der Waals surface area contributed by atoms with Crippen LogP contribution >= 0.6 is 0 Å². The van der Waals surface area contributed by atoms with Crippen molar-refractivity contribution in [3.63, 3.8) is 0 Å². The molecule has 2 aromatic rings. The molecule has 6 atom stereocenters. The molecule has 3 aliphatic rings. The van der Waals surface area contributed by atoms with E-state index in [2.05, 4.69) is 6.58 Å². The molecule has 2 unspecified atom stereocenters. The average molecular weight is 533 g/mol. The van der Waals surface area contributed by atoms with Gasteiger partial charge in [-0.2, -0.15) is 0 Å². The van der Waals surface area contributed by atoms with E-state index in [-0.39, 0.29) is 12.5 Å². The van der Waals surface area contributed by atoms with Crippen LogP contribution in [0.5, 0.6) is 0 Å². The summed E-state index contributed by atoms with van der Waals surface area (Å²) in [6.45, 7) is 9.37. The molecule has 5 rings (SSSR count). The van der Waals surface area contributed by atoms with Crippen molar-refractivity contribution < 1.29 is 29.3 Å². The third kappa shape index (κ3) is 3.84. The van der Waals surface area contributed by atoms with Gasteiger partial charge in [0.05, 0.1) is 24.2 Å². The number of amides is 2. The van der Waals surface area contributed by atoms with Crippen LogP contribution in [0.3, 0.4) is 0 Å². The van der Waals surface area contributed by atoms with Gasteiger partial charge in [-0.1, -0.05) is 61.5 Å². The molecule has 0 saturated carbocycles. The van der Waals surface area contributed by atoms with Crippen LogP contribution in [0.2, 0.25) is 0 Å². The van der Waals surface area contributed by atoms with Crippen LogP contribution < -0.4 is 4.90 Å². The van der Waals surface area contributed by atoms with Gasteiger partial charge in [-0.05, 0) is 49.8 Å². The number of rotatable bonds is 9. The van der Waals surface area contributed by atoms with Gasteiger partial charge in [0.2, 0.25) is 5.91 Å². The zero-order chi connectivity index (χ0) is 28.1. The smallest absolute Gasteiger partial charge is 0.310 e. The fourth-order valence-corrected chi connectivity index (χ4v) is 7.48. The van der Waals surface area contributed by atoms with E-state index in [9.17, 15) is 24.6 Å². The molecule has 8 nitrogen and oxygen atoms in total. The minimum Gasteiger partial charge on any atom is -0.481 e. The average Bonchev–Trinajstić information content (AvgIpc) is 3.53. The highest BCUT2D eigenvalue weighted by Gasteiger charge is 2.79. The molecule has 3 saturated heterocycles. The summed E-state index contributed by atoms with van der Waals surface area (Å²) in [5.74, 6) is -4.02. The SMILES string of the molecule is C=CCN(C(=O)C1N([C@H](CO)c2ccccc2)C(=O)[C@@H]2[C@@H](C(=O)O)[C@@]3(CC)CCC12O3)c1c(C)cccc1C. The fraction of sp³-hybridized carbons (Fsp3) is 0.452. The van der Waals surface area contributed by atoms with Gasteiger partial charge >= 0.3 is 5.97 Å². The van der Waals surface area contributed by atoms with E-state index in [4.69, 9.17) is 4.74 Å². The number of fused-ring (bicyclic) bond motifs is 1. The lowest BCUT2D eigenvalue weighted by atomic mass is 9.65. The minimum atomic E-state index is -1.31. The molecule has 39 heavy (non-hydrogen) atoms. The number of para-hydroxylation sites is 1. The van der Waals surface area contributed by atoms with E-state index in [0.717, 1.165) is 16.8 Å². The molecule has 8 heteroatoms. The number of carbonyl (C=O) groups is 3. The van der Waals surface area contributed by atoms with E-state index >= 15 is 0 Å². The number of aliphatic hydroxyl groups is 1. The Morgan fingerprint density at radius 1 is 1.15 bits per heavy atom. The zero-order valence-corrected chi connectivity index (χ0v) is 22.7. The molecule has 0 aromatic heterocycles. The molecule has 2 N–H and O–H groups in total. The number of carbonyl (C=O) groups excluding carboxylic acids is 2. The van der Waals surface area contributed by atoms with Crippen molar-refractivity contribution in [2.24, 2.45) is 11.8 Å². The summed E-state index contributed by atoms with van der Waals surface area (Å²) in [4.78, 5) is 44.9. The molecule has 0 radical (unpaired) electrons. The Kier molecular flexibility index (Phi) is 6.89. The lowest BCUT2D eigenvalue weighted by Gasteiger charge is -2.40. The number of anilines is 1. The third-order valence-corrected chi connectivity index (χ3v) is 9.10. The molecule has 2 bridgehead atoms. The Balaban J connectivity index is 1.71. The van der Waals surface area contributed by atoms with Gasteiger partial charge in [0.25, 0.3) is 5.91 Å². The van der Waals surface area contributed by atoms with Crippen LogP contribution in [0, 0.1) is 25.7 Å². The standard InChI is InChI=1S/C31H36N2O6/c1-5-17-32(25-19(3)11-10-12-20(25)4)28(36)26-31-16-15-30(6-2,39-31)24(29(37)38)23(31)27(35)33(26)22(18-34)21-13-8-7-9-14-21/h5,7-14,22-24,26,34H,1,6,15-18H2,2-4H3,(H,37,38)/t22-,23+,24+,26?,30-,31?/m1/s1. The Morgan fingerprint density at radius 2 is 1.82 bits per heavy atom. The highest BCUT2D eigenvalue weighted by molar-refractivity contribution is 6.05. The minimum absolute atomic E-state index is 0.195. The van der Waals surface area contributed by atoms with Crippen molar-refractivity contribution in [2.45, 2.75) is 63.3 Å². The van der Waals surface area contributed by atoms with Crippen LogP contribution in [0.15, 0.2) is 61.2 Å². The second-order valence-electron chi connectivity index (χ2n) is 11.0. The zero-order valence-electron chi connectivity index (χ0n) is 22.7. The highest BCUT2D eigenvalue weighted by Crippen LogP contribution is 2.65. The van der Waals surface area contributed by atoms with E-state index in [1.165, 1.54) is 4.90 Å². The summed E-state index contributed by atoms with van der Waals surface area (Å²) in [5, 5.41) is 21.0. The second kappa shape index (κ2) is 9.92. The number of hydrogen-bond donors (Lipinski definition) is 2. The van der Waals surface area contributed by atoms with E-state index in [0.29, 0.717) is 24.8 Å². The topological polar surface area (TPSA) is 107 Å². The second-order valence-corrected chi connectivity index (χ2v) is 11.0. The molecule has 3 fully saturated rings. The molecule has 2 aromatic carbocycles. The quantitative estimate of drug-likeness (QED) is 0.476. The van der Waals surface area contributed by atoms with Gasteiger partial charge in [0.1, 0.15) is 17.6 Å². The van der Waals surface area contributed by atoms with E-state index < -0.39 is 53.6 Å². The highest BCUT2D eigenvalue weighted by atomic mass is 16.5. The number of benzene rings is 2. The predicted molar refractivity (Wildman–Crippen MR) is 146 cm³/mol. The largest absolute Gasteiger partial charge is 0.481 e. The molecule has 1 spiro atoms. The van der Waals surface area contributed by atoms with Crippen molar-refractivity contribution >= 4 is 23.5 Å². The summed E-state index contributed by atoms with van der Waals surface area (Å²) >= 11 is 0. The van der Waals surface area contributed by atoms with Gasteiger partial charge in [-0.15, -0.1) is 6.58 Å². The lowest BCUT2D eigenvalue weighted by molar-refractivity contribution is -0.157. The maximum absolute atomic E-state index is 14.8. The number of likely N-dealkylation sites (tertiary alicyclic amines) is 1. The molecular formula is C31H36N2O6. The van der Waals surface area contributed by atoms with Gasteiger partial charge < -0.3 is 24.7 Å². The van der Waals surface area contributed by atoms with Gasteiger partial charge in [-0.3, -0.25) is 14.4 Å². The summed E-state index contributed by atoms with van der Waals surface area (Å²) in [7, 11) is 0. The van der Waals surface area contributed by atoms with Gasteiger partial charge in [0, 0.05) is 12.2 Å². The number of aryl methyl sites for hydroxylation is 2. The van der Waals surface area contributed by atoms with Crippen molar-refractivity contribution in [1.29, 1.82) is 0 Å². The monoisotopic (exact) mass is 532 g/mol. The maximum atomic E-state index is 14.8. The van der Waals surface area contributed by atoms with Gasteiger partial charge in [0.15, 0.2) is 0 Å². The molecule has 3 heterocycles. The molecule has 0 aliphatic carbocycles. The molecule has 2 amide bonds. The van der Waals surface area contributed by atoms with Crippen LogP contribution in [0.4, 0.5) is 5.69 Å². The van der Waals surface area contributed by atoms with Crippen LogP contribution in [-0.2, 0) is 19.1 Å². The number of nitrogens with zero attached hydrogens (tertiary/aromatic N) is 2. The molecule has 3 aliphatic heterocycles. The Morgan fingerprint density at radius 3 is 2.38 bits per heavy atom. The number of carboxylic acid groups (broad SMARTS) is 1. The summed E-state index contributed by atoms with van der Waals surface area (Å²) in [6, 6.07) is 12.9. The van der Waals surface area contributed by atoms with Crippen molar-refractivity contribution in [2.75, 3.05) is 18.1 Å². The lowest BCUT2D eigenvalue weighted by Crippen LogP contribution is -2.57. The first-order chi connectivity index (χ1) is 18.7. The summed E-state index contributed by atoms with van der Waals surface area (Å²) in [5.41, 5.74) is 0.841. The summed E-state index contributed by atoms with van der Waals surface area (Å²) in [6.07, 6.45) is 2.89. The molecule has 206 valence electrons. The number of ether oxygens (including phenoxy) is 1. The first-order valence-corrected chi connectivity index (χ1v) is 13.6. The van der Waals surface area contributed by atoms with E-state index in [1.54, 1.807) is 23.1 Å². The van der Waals surface area contributed by atoms with Crippen LogP contribution in [-0.4, -0.2) is 63.3 Å². The first-order valence-electron chi connectivity index (χ1n) is 13.6. The number of aliphatic hydroxyl groups excluding tert-OH is 1. The number of hydrogen-bond acceptors (Lipinski definition) is 5. The van der Waals surface area contributed by atoms with Crippen LogP contribution in [0.25, 0.3) is 0 Å². The number of carboxylic acids is 1. The van der Waals surface area contributed by atoms with Crippen LogP contribution in [0.1, 0.15) is 48.9 Å². The van der Waals surface area contributed by atoms with Crippen molar-refractivity contribution in [3.8, 4) is 0 Å². The third-order valence-electron chi connectivity index (χ3n) is 9.10. The van der Waals surface area contributed by atoms with E-state index in [1.807, 2.05) is 57.2 Å². The fourth-order valence-electron chi connectivity index (χ4n) is 7.48. The number of aliphatic carboxylic acids is 1. The Hall–Kier alpha value is -3.49. The van der Waals surface area contributed by atoms with Crippen molar-refractivity contribution in [3.05, 3.63) is 77.9 Å². The maximum Gasteiger partial charge on any atom is 0.310 e. The predicted octanol–water partition coefficient (Wildman–Crippen LogP) is 3.80. The van der Waals surface area contributed by atoms with Gasteiger partial charge in [-0.25, -0.2) is 0 Å².